The summed E-state index contributed by atoms with van der Waals surface area (Å²) in [5.74, 6) is -1.05. The maximum Gasteiger partial charge on any atom is 0.337 e. The maximum absolute atomic E-state index is 13.6. The van der Waals surface area contributed by atoms with Gasteiger partial charge in [-0.3, -0.25) is 0 Å². The van der Waals surface area contributed by atoms with Gasteiger partial charge in [-0.15, -0.1) is 0 Å². The first-order valence-electron chi connectivity index (χ1n) is 4.73. The third-order valence-corrected chi connectivity index (χ3v) is 2.50. The summed E-state index contributed by atoms with van der Waals surface area (Å²) >= 11 is 0. The van der Waals surface area contributed by atoms with Gasteiger partial charge in [0.15, 0.2) is 11.9 Å². The molecule has 78 valence electrons. The van der Waals surface area contributed by atoms with Gasteiger partial charge in [-0.05, 0) is 19.4 Å². The predicted octanol–water partition coefficient (Wildman–Crippen LogP) is 2.84. The summed E-state index contributed by atoms with van der Waals surface area (Å²) in [4.78, 5) is 11.1. The SMILES string of the molecule is CC1=C(F)C(c2ccc(C)cc2)OC1=O. The molecule has 1 aliphatic heterocycles. The molecule has 0 radical (unpaired) electrons. The standard InChI is InChI=1S/C12H11FO2/c1-7-3-5-9(6-4-7)11-10(13)8(2)12(14)15-11/h3-6,11H,1-2H3. The van der Waals surface area contributed by atoms with Crippen LogP contribution in [0.25, 0.3) is 0 Å². The van der Waals surface area contributed by atoms with Crippen molar-refractivity contribution >= 4 is 5.97 Å². The molecule has 0 N–H and O–H groups in total. The largest absolute Gasteiger partial charge is 0.447 e. The van der Waals surface area contributed by atoms with Crippen molar-refractivity contribution in [1.82, 2.24) is 0 Å². The van der Waals surface area contributed by atoms with Crippen molar-refractivity contribution in [3.8, 4) is 0 Å². The number of carbonyl (C=O) groups is 1. The molecule has 2 nitrogen and oxygen atoms in total. The number of carbonyl (C=O) groups excluding carboxylic acids is 1. The smallest absolute Gasteiger partial charge is 0.337 e. The van der Waals surface area contributed by atoms with Crippen LogP contribution in [0.4, 0.5) is 4.39 Å². The number of rotatable bonds is 1. The zero-order valence-corrected chi connectivity index (χ0v) is 8.58. The fourth-order valence-corrected chi connectivity index (χ4v) is 1.50. The van der Waals surface area contributed by atoms with Crippen molar-refractivity contribution in [1.29, 1.82) is 0 Å². The molecule has 2 rings (SSSR count). The number of hydrogen-bond acceptors (Lipinski definition) is 2. The fourth-order valence-electron chi connectivity index (χ4n) is 1.50. The minimum Gasteiger partial charge on any atom is -0.447 e. The van der Waals surface area contributed by atoms with Gasteiger partial charge in [0.25, 0.3) is 0 Å². The first kappa shape index (κ1) is 9.90. The van der Waals surface area contributed by atoms with E-state index < -0.39 is 17.9 Å². The van der Waals surface area contributed by atoms with Crippen molar-refractivity contribution in [2.45, 2.75) is 20.0 Å². The highest BCUT2D eigenvalue weighted by Crippen LogP contribution is 2.35. The molecule has 1 atom stereocenters. The Kier molecular flexibility index (Phi) is 2.31. The molecule has 1 aliphatic rings. The molecular weight excluding hydrogens is 195 g/mol. The highest BCUT2D eigenvalue weighted by molar-refractivity contribution is 5.91. The predicted molar refractivity (Wildman–Crippen MR) is 53.8 cm³/mol. The Hall–Kier alpha value is -1.64. The first-order valence-corrected chi connectivity index (χ1v) is 4.73. The van der Waals surface area contributed by atoms with Crippen LogP contribution in [0.2, 0.25) is 0 Å². The van der Waals surface area contributed by atoms with Crippen LogP contribution in [0.3, 0.4) is 0 Å². The summed E-state index contributed by atoms with van der Waals surface area (Å²) in [6.07, 6.45) is -0.849. The van der Waals surface area contributed by atoms with E-state index in [1.165, 1.54) is 6.92 Å². The van der Waals surface area contributed by atoms with Gasteiger partial charge in [0.2, 0.25) is 0 Å². The Balaban J connectivity index is 2.35. The normalized spacial score (nSPS) is 20.7. The van der Waals surface area contributed by atoms with Crippen molar-refractivity contribution in [3.05, 3.63) is 46.8 Å². The van der Waals surface area contributed by atoms with Crippen LogP contribution in [-0.4, -0.2) is 5.97 Å². The van der Waals surface area contributed by atoms with E-state index in [0.717, 1.165) is 5.56 Å². The van der Waals surface area contributed by atoms with Gasteiger partial charge < -0.3 is 4.74 Å². The van der Waals surface area contributed by atoms with Crippen LogP contribution in [-0.2, 0) is 9.53 Å². The van der Waals surface area contributed by atoms with E-state index in [0.29, 0.717) is 5.56 Å². The average molecular weight is 206 g/mol. The number of ether oxygens (including phenoxy) is 1. The second-order valence-electron chi connectivity index (χ2n) is 3.67. The van der Waals surface area contributed by atoms with Crippen molar-refractivity contribution in [3.63, 3.8) is 0 Å². The Morgan fingerprint density at radius 1 is 1.20 bits per heavy atom. The molecule has 1 heterocycles. The lowest BCUT2D eigenvalue weighted by Crippen LogP contribution is -2.02. The maximum atomic E-state index is 13.6. The van der Waals surface area contributed by atoms with E-state index in [-0.39, 0.29) is 5.57 Å². The Bertz CT molecular complexity index is 431. The summed E-state index contributed by atoms with van der Waals surface area (Å²) < 4.78 is 18.5. The number of esters is 1. The van der Waals surface area contributed by atoms with Crippen LogP contribution >= 0.6 is 0 Å². The molecule has 15 heavy (non-hydrogen) atoms. The van der Waals surface area contributed by atoms with E-state index in [1.54, 1.807) is 12.1 Å². The van der Waals surface area contributed by atoms with E-state index in [9.17, 15) is 9.18 Å². The molecule has 1 aromatic carbocycles. The van der Waals surface area contributed by atoms with E-state index in [1.807, 2.05) is 19.1 Å². The highest BCUT2D eigenvalue weighted by atomic mass is 19.1. The third-order valence-electron chi connectivity index (χ3n) is 2.50. The molecule has 1 aromatic rings. The van der Waals surface area contributed by atoms with E-state index >= 15 is 0 Å². The quantitative estimate of drug-likeness (QED) is 0.660. The van der Waals surface area contributed by atoms with Crippen LogP contribution in [0.15, 0.2) is 35.7 Å². The Morgan fingerprint density at radius 2 is 1.80 bits per heavy atom. The van der Waals surface area contributed by atoms with Gasteiger partial charge in [-0.1, -0.05) is 29.8 Å². The Morgan fingerprint density at radius 3 is 2.27 bits per heavy atom. The molecule has 0 aromatic heterocycles. The molecule has 1 unspecified atom stereocenters. The van der Waals surface area contributed by atoms with Crippen molar-refractivity contribution in [2.75, 3.05) is 0 Å². The summed E-state index contributed by atoms with van der Waals surface area (Å²) in [5, 5.41) is 0. The molecule has 0 aliphatic carbocycles. The second-order valence-corrected chi connectivity index (χ2v) is 3.67. The van der Waals surface area contributed by atoms with Crippen LogP contribution < -0.4 is 0 Å². The minimum atomic E-state index is -0.849. The average Bonchev–Trinajstić information content (AvgIpc) is 2.47. The van der Waals surface area contributed by atoms with Crippen molar-refractivity contribution in [2.24, 2.45) is 0 Å². The summed E-state index contributed by atoms with van der Waals surface area (Å²) in [6, 6.07) is 7.27. The van der Waals surface area contributed by atoms with E-state index in [4.69, 9.17) is 4.74 Å². The van der Waals surface area contributed by atoms with Crippen molar-refractivity contribution < 1.29 is 13.9 Å². The highest BCUT2D eigenvalue weighted by Gasteiger charge is 2.32. The lowest BCUT2D eigenvalue weighted by atomic mass is 10.1. The lowest BCUT2D eigenvalue weighted by Gasteiger charge is -2.09. The molecule has 0 saturated carbocycles. The van der Waals surface area contributed by atoms with Gasteiger partial charge in [-0.25, -0.2) is 9.18 Å². The van der Waals surface area contributed by atoms with Crippen LogP contribution in [0.1, 0.15) is 24.2 Å². The number of benzene rings is 1. The topological polar surface area (TPSA) is 26.3 Å². The summed E-state index contributed by atoms with van der Waals surface area (Å²) in [6.45, 7) is 3.38. The number of hydrogen-bond donors (Lipinski definition) is 0. The molecule has 0 bridgehead atoms. The van der Waals surface area contributed by atoms with Gasteiger partial charge in [0.05, 0.1) is 5.57 Å². The van der Waals surface area contributed by atoms with Crippen LogP contribution in [0.5, 0.6) is 0 Å². The van der Waals surface area contributed by atoms with Crippen LogP contribution in [0, 0.1) is 6.92 Å². The number of aryl methyl sites for hydroxylation is 1. The fraction of sp³-hybridized carbons (Fsp3) is 0.250. The minimum absolute atomic E-state index is 0.0700. The molecule has 0 saturated heterocycles. The third kappa shape index (κ3) is 1.65. The molecule has 0 amide bonds. The molecule has 0 fully saturated rings. The number of cyclic esters (lactones) is 1. The monoisotopic (exact) mass is 206 g/mol. The first-order chi connectivity index (χ1) is 7.09. The van der Waals surface area contributed by atoms with Gasteiger partial charge in [-0.2, -0.15) is 0 Å². The zero-order valence-electron chi connectivity index (χ0n) is 8.58. The Labute approximate surface area is 87.4 Å². The van der Waals surface area contributed by atoms with Gasteiger partial charge >= 0.3 is 5.97 Å². The summed E-state index contributed by atoms with van der Waals surface area (Å²) in [7, 11) is 0. The lowest BCUT2D eigenvalue weighted by molar-refractivity contribution is -0.140. The summed E-state index contributed by atoms with van der Waals surface area (Å²) in [5.41, 5.74) is 1.83. The van der Waals surface area contributed by atoms with E-state index in [2.05, 4.69) is 0 Å². The zero-order chi connectivity index (χ0) is 11.0. The molecule has 3 heteroatoms. The molecular formula is C12H11FO2. The molecule has 0 spiro atoms. The number of halogens is 1. The second kappa shape index (κ2) is 3.50. The van der Waals surface area contributed by atoms with Gasteiger partial charge in [0.1, 0.15) is 0 Å². The van der Waals surface area contributed by atoms with Gasteiger partial charge in [0, 0.05) is 0 Å².